The Bertz CT molecular complexity index is 659. The minimum Gasteiger partial charge on any atom is -0.504 e. The Balaban J connectivity index is 2.39. The van der Waals surface area contributed by atoms with Gasteiger partial charge in [0.15, 0.2) is 17.3 Å². The molecule has 0 aliphatic carbocycles. The molecule has 0 aliphatic rings. The number of phenolic OH excluding ortho intramolecular Hbond substituents is 1. The van der Waals surface area contributed by atoms with Crippen LogP contribution in [0, 0.1) is 0 Å². The lowest BCUT2D eigenvalue weighted by Gasteiger charge is -2.15. The molecule has 2 rings (SSSR count). The van der Waals surface area contributed by atoms with Crippen molar-refractivity contribution in [3.63, 3.8) is 0 Å². The number of benzene rings is 2. The Morgan fingerprint density at radius 2 is 1.61 bits per heavy atom. The van der Waals surface area contributed by atoms with Crippen LogP contribution >= 0.6 is 31.9 Å². The first-order valence-corrected chi connectivity index (χ1v) is 9.26. The molecule has 0 saturated heterocycles. The van der Waals surface area contributed by atoms with Gasteiger partial charge in [-0.3, -0.25) is 4.79 Å². The van der Waals surface area contributed by atoms with Crippen LogP contribution in [0.1, 0.15) is 15.9 Å². The molecular weight excluding hydrogens is 428 g/mol. The number of phenols is 1. The van der Waals surface area contributed by atoms with Crippen molar-refractivity contribution in [3.8, 4) is 17.2 Å². The summed E-state index contributed by atoms with van der Waals surface area (Å²) in [6, 6.07) is 12.0. The van der Waals surface area contributed by atoms with E-state index in [1.54, 1.807) is 36.4 Å². The van der Waals surface area contributed by atoms with Crippen LogP contribution in [0.5, 0.6) is 17.2 Å². The van der Waals surface area contributed by atoms with Crippen molar-refractivity contribution in [2.45, 2.75) is 0 Å². The molecule has 6 heteroatoms. The maximum Gasteiger partial charge on any atom is 0.204 e. The number of alkyl halides is 2. The maximum absolute atomic E-state index is 12.5. The third kappa shape index (κ3) is 4.48. The van der Waals surface area contributed by atoms with E-state index in [9.17, 15) is 9.90 Å². The van der Waals surface area contributed by atoms with E-state index in [0.717, 1.165) is 0 Å². The standard InChI is InChI=1S/C17H16Br2O4/c18-8-10-22-14-7-6-13(16(21)17(14)23-11-9-19)15(20)12-4-2-1-3-5-12/h1-7,21H,8-11H2. The first-order chi connectivity index (χ1) is 11.2. The highest BCUT2D eigenvalue weighted by Gasteiger charge is 2.21. The molecule has 0 spiro atoms. The average Bonchev–Trinajstić information content (AvgIpc) is 2.59. The number of halogens is 2. The lowest BCUT2D eigenvalue weighted by atomic mass is 10.0. The van der Waals surface area contributed by atoms with Gasteiger partial charge >= 0.3 is 0 Å². The van der Waals surface area contributed by atoms with Crippen LogP contribution in [-0.4, -0.2) is 34.8 Å². The molecule has 0 aliphatic heterocycles. The van der Waals surface area contributed by atoms with E-state index in [0.29, 0.717) is 35.2 Å². The number of aromatic hydroxyl groups is 1. The molecule has 0 radical (unpaired) electrons. The summed E-state index contributed by atoms with van der Waals surface area (Å²) in [6.45, 7) is 0.775. The van der Waals surface area contributed by atoms with Crippen molar-refractivity contribution < 1.29 is 19.4 Å². The quantitative estimate of drug-likeness (QED) is 0.491. The highest BCUT2D eigenvalue weighted by atomic mass is 79.9. The third-order valence-electron chi connectivity index (χ3n) is 3.03. The monoisotopic (exact) mass is 442 g/mol. The van der Waals surface area contributed by atoms with Crippen molar-refractivity contribution in [1.82, 2.24) is 0 Å². The van der Waals surface area contributed by atoms with Gasteiger partial charge in [0, 0.05) is 16.2 Å². The van der Waals surface area contributed by atoms with E-state index < -0.39 is 0 Å². The van der Waals surface area contributed by atoms with Crippen LogP contribution in [0.25, 0.3) is 0 Å². The van der Waals surface area contributed by atoms with Crippen molar-refractivity contribution in [2.75, 3.05) is 23.9 Å². The number of carbonyl (C=O) groups excluding carboxylic acids is 1. The lowest BCUT2D eigenvalue weighted by molar-refractivity contribution is 0.103. The van der Waals surface area contributed by atoms with Gasteiger partial charge < -0.3 is 14.6 Å². The minimum absolute atomic E-state index is 0.187. The molecule has 0 fully saturated rings. The van der Waals surface area contributed by atoms with E-state index in [-0.39, 0.29) is 22.8 Å². The fraction of sp³-hybridized carbons (Fsp3) is 0.235. The van der Waals surface area contributed by atoms with Gasteiger partial charge in [0.25, 0.3) is 0 Å². The number of hydrogen-bond acceptors (Lipinski definition) is 4. The smallest absolute Gasteiger partial charge is 0.204 e. The van der Waals surface area contributed by atoms with Crippen LogP contribution in [0.2, 0.25) is 0 Å². The topological polar surface area (TPSA) is 55.8 Å². The molecule has 4 nitrogen and oxygen atoms in total. The van der Waals surface area contributed by atoms with Gasteiger partial charge in [-0.2, -0.15) is 0 Å². The maximum atomic E-state index is 12.5. The Hall–Kier alpha value is -1.53. The third-order valence-corrected chi connectivity index (χ3v) is 3.68. The van der Waals surface area contributed by atoms with Crippen molar-refractivity contribution >= 4 is 37.6 Å². The largest absolute Gasteiger partial charge is 0.504 e. The predicted octanol–water partition coefficient (Wildman–Crippen LogP) is 4.17. The van der Waals surface area contributed by atoms with Gasteiger partial charge in [0.2, 0.25) is 5.75 Å². The van der Waals surface area contributed by atoms with Gasteiger partial charge in [-0.1, -0.05) is 62.2 Å². The van der Waals surface area contributed by atoms with E-state index in [2.05, 4.69) is 31.9 Å². The predicted molar refractivity (Wildman–Crippen MR) is 96.6 cm³/mol. The molecule has 2 aromatic rings. The lowest BCUT2D eigenvalue weighted by Crippen LogP contribution is -2.07. The van der Waals surface area contributed by atoms with Gasteiger partial charge in [-0.05, 0) is 12.1 Å². The molecule has 0 amide bonds. The minimum atomic E-state index is -0.265. The molecule has 1 N–H and O–H groups in total. The Morgan fingerprint density at radius 1 is 0.957 bits per heavy atom. The number of carbonyl (C=O) groups is 1. The summed E-state index contributed by atoms with van der Waals surface area (Å²) in [5.74, 6) is 0.130. The number of ether oxygens (including phenoxy) is 2. The first-order valence-electron chi connectivity index (χ1n) is 7.02. The zero-order valence-electron chi connectivity index (χ0n) is 12.3. The summed E-state index contributed by atoms with van der Waals surface area (Å²) in [5.41, 5.74) is 0.690. The van der Waals surface area contributed by atoms with Gasteiger partial charge in [0.1, 0.15) is 0 Å². The summed E-state index contributed by atoms with van der Waals surface area (Å²) in [4.78, 5) is 12.5. The number of ketones is 1. The molecule has 0 atom stereocenters. The second-order valence-electron chi connectivity index (χ2n) is 4.56. The Labute approximate surface area is 151 Å². The molecule has 122 valence electrons. The number of hydrogen-bond donors (Lipinski definition) is 1. The van der Waals surface area contributed by atoms with Gasteiger partial charge in [0.05, 0.1) is 18.8 Å². The highest BCUT2D eigenvalue weighted by Crippen LogP contribution is 2.40. The first kappa shape index (κ1) is 17.8. The SMILES string of the molecule is O=C(c1ccccc1)c1ccc(OCCBr)c(OCCBr)c1O. The number of rotatable bonds is 8. The summed E-state index contributed by atoms with van der Waals surface area (Å²) >= 11 is 6.55. The van der Waals surface area contributed by atoms with Crippen LogP contribution < -0.4 is 9.47 Å². The molecular formula is C17H16Br2O4. The van der Waals surface area contributed by atoms with Crippen molar-refractivity contribution in [3.05, 3.63) is 53.6 Å². The molecule has 2 aromatic carbocycles. The second-order valence-corrected chi connectivity index (χ2v) is 6.15. The van der Waals surface area contributed by atoms with Gasteiger partial charge in [-0.25, -0.2) is 0 Å². The fourth-order valence-electron chi connectivity index (χ4n) is 2.02. The average molecular weight is 444 g/mol. The fourth-order valence-corrected chi connectivity index (χ4v) is 2.35. The van der Waals surface area contributed by atoms with E-state index in [1.165, 1.54) is 0 Å². The molecule has 0 aromatic heterocycles. The van der Waals surface area contributed by atoms with E-state index in [1.807, 2.05) is 6.07 Å². The highest BCUT2D eigenvalue weighted by molar-refractivity contribution is 9.09. The summed E-state index contributed by atoms with van der Waals surface area (Å²) < 4.78 is 11.1. The van der Waals surface area contributed by atoms with Crippen LogP contribution in [0.15, 0.2) is 42.5 Å². The molecule has 0 bridgehead atoms. The zero-order chi connectivity index (χ0) is 16.7. The van der Waals surface area contributed by atoms with Crippen LogP contribution in [0.4, 0.5) is 0 Å². The van der Waals surface area contributed by atoms with Crippen LogP contribution in [0.3, 0.4) is 0 Å². The molecule has 0 unspecified atom stereocenters. The summed E-state index contributed by atoms with van der Waals surface area (Å²) in [5, 5.41) is 11.7. The van der Waals surface area contributed by atoms with E-state index >= 15 is 0 Å². The van der Waals surface area contributed by atoms with Crippen molar-refractivity contribution in [1.29, 1.82) is 0 Å². The Kier molecular flexibility index (Phi) is 6.92. The zero-order valence-corrected chi connectivity index (χ0v) is 15.5. The van der Waals surface area contributed by atoms with Crippen molar-refractivity contribution in [2.24, 2.45) is 0 Å². The normalized spacial score (nSPS) is 10.3. The molecule has 0 saturated carbocycles. The van der Waals surface area contributed by atoms with E-state index in [4.69, 9.17) is 9.47 Å². The van der Waals surface area contributed by atoms with Gasteiger partial charge in [-0.15, -0.1) is 0 Å². The molecule has 23 heavy (non-hydrogen) atoms. The Morgan fingerprint density at radius 3 is 2.26 bits per heavy atom. The van der Waals surface area contributed by atoms with Crippen LogP contribution in [-0.2, 0) is 0 Å². The summed E-state index contributed by atoms with van der Waals surface area (Å²) in [7, 11) is 0. The second kappa shape index (κ2) is 8.93. The summed E-state index contributed by atoms with van der Waals surface area (Å²) in [6.07, 6.45) is 0. The molecule has 0 heterocycles.